The van der Waals surface area contributed by atoms with Gasteiger partial charge < -0.3 is 10.0 Å². The number of nitrogens with zero attached hydrogens (tertiary/aromatic N) is 2. The Morgan fingerprint density at radius 3 is 2.55 bits per heavy atom. The monoisotopic (exact) mass is 282 g/mol. The Morgan fingerprint density at radius 1 is 1.15 bits per heavy atom. The highest BCUT2D eigenvalue weighted by atomic mass is 16.4. The molecular formula is C15H26N2O3. The van der Waals surface area contributed by atoms with Gasteiger partial charge in [0.05, 0.1) is 6.54 Å². The number of likely N-dealkylation sites (tertiary alicyclic amines) is 2. The fraction of sp³-hybridized carbons (Fsp3) is 0.867. The smallest absolute Gasteiger partial charge is 0.320 e. The van der Waals surface area contributed by atoms with Crippen molar-refractivity contribution in [2.24, 2.45) is 11.8 Å². The van der Waals surface area contributed by atoms with Crippen LogP contribution in [-0.2, 0) is 9.59 Å². The number of hydrogen-bond acceptors (Lipinski definition) is 3. The van der Waals surface area contributed by atoms with Crippen LogP contribution in [0.15, 0.2) is 0 Å². The van der Waals surface area contributed by atoms with Crippen molar-refractivity contribution in [3.8, 4) is 0 Å². The highest BCUT2D eigenvalue weighted by molar-refractivity contribution is 5.80. The van der Waals surface area contributed by atoms with Crippen LogP contribution in [0.25, 0.3) is 0 Å². The van der Waals surface area contributed by atoms with Crippen LogP contribution in [0.4, 0.5) is 0 Å². The molecule has 3 atom stereocenters. The molecule has 0 aromatic rings. The van der Waals surface area contributed by atoms with Gasteiger partial charge in [0.15, 0.2) is 0 Å². The highest BCUT2D eigenvalue weighted by Gasteiger charge is 2.34. The Hall–Kier alpha value is -1.10. The number of carboxylic acids is 1. The summed E-state index contributed by atoms with van der Waals surface area (Å²) in [4.78, 5) is 27.5. The van der Waals surface area contributed by atoms with Crippen molar-refractivity contribution in [3.63, 3.8) is 0 Å². The topological polar surface area (TPSA) is 60.9 Å². The fourth-order valence-corrected chi connectivity index (χ4v) is 3.33. The van der Waals surface area contributed by atoms with E-state index in [0.717, 1.165) is 25.9 Å². The van der Waals surface area contributed by atoms with E-state index in [4.69, 9.17) is 0 Å². The number of carboxylic acid groups (broad SMARTS) is 1. The Balaban J connectivity index is 1.93. The van der Waals surface area contributed by atoms with Crippen molar-refractivity contribution in [2.75, 3.05) is 26.2 Å². The average Bonchev–Trinajstić information content (AvgIpc) is 2.40. The molecule has 20 heavy (non-hydrogen) atoms. The third-order valence-electron chi connectivity index (χ3n) is 4.61. The van der Waals surface area contributed by atoms with Gasteiger partial charge in [0.25, 0.3) is 0 Å². The standard InChI is InChI=1S/C15H26N2O3/c1-11-5-7-16(13(8-11)15(19)20)10-14(18)17-6-3-4-12(2)9-17/h11-13H,3-10H2,1-2H3,(H,19,20). The molecule has 5 heteroatoms. The summed E-state index contributed by atoms with van der Waals surface area (Å²) in [5.74, 6) is 0.288. The lowest BCUT2D eigenvalue weighted by Gasteiger charge is -2.38. The molecule has 2 aliphatic heterocycles. The van der Waals surface area contributed by atoms with Gasteiger partial charge in [-0.1, -0.05) is 13.8 Å². The van der Waals surface area contributed by atoms with Gasteiger partial charge in [0.2, 0.25) is 5.91 Å². The predicted molar refractivity (Wildman–Crippen MR) is 76.4 cm³/mol. The first kappa shape index (κ1) is 15.3. The first-order chi connectivity index (χ1) is 9.47. The van der Waals surface area contributed by atoms with Crippen LogP contribution in [0.2, 0.25) is 0 Å². The highest BCUT2D eigenvalue weighted by Crippen LogP contribution is 2.23. The lowest BCUT2D eigenvalue weighted by atomic mass is 9.92. The van der Waals surface area contributed by atoms with Gasteiger partial charge in [-0.05, 0) is 44.1 Å². The quantitative estimate of drug-likeness (QED) is 0.850. The van der Waals surface area contributed by atoms with E-state index >= 15 is 0 Å². The van der Waals surface area contributed by atoms with E-state index in [9.17, 15) is 14.7 Å². The third kappa shape index (κ3) is 3.72. The predicted octanol–water partition coefficient (Wildman–Crippen LogP) is 1.43. The summed E-state index contributed by atoms with van der Waals surface area (Å²) < 4.78 is 0. The number of carbonyl (C=O) groups is 2. The molecule has 0 bridgehead atoms. The van der Waals surface area contributed by atoms with Crippen molar-refractivity contribution >= 4 is 11.9 Å². The Morgan fingerprint density at radius 2 is 1.90 bits per heavy atom. The zero-order valence-corrected chi connectivity index (χ0v) is 12.5. The molecule has 0 aromatic heterocycles. The van der Waals surface area contributed by atoms with E-state index in [-0.39, 0.29) is 12.5 Å². The van der Waals surface area contributed by atoms with Crippen LogP contribution in [0.1, 0.15) is 39.5 Å². The third-order valence-corrected chi connectivity index (χ3v) is 4.61. The molecule has 0 aromatic carbocycles. The maximum absolute atomic E-state index is 12.4. The molecule has 2 heterocycles. The summed E-state index contributed by atoms with van der Waals surface area (Å²) in [6.07, 6.45) is 3.88. The van der Waals surface area contributed by atoms with Crippen LogP contribution >= 0.6 is 0 Å². The van der Waals surface area contributed by atoms with E-state index in [1.54, 1.807) is 0 Å². The van der Waals surface area contributed by atoms with E-state index in [1.807, 2.05) is 9.80 Å². The minimum absolute atomic E-state index is 0.0948. The Bertz CT molecular complexity index is 372. The van der Waals surface area contributed by atoms with Crippen molar-refractivity contribution < 1.29 is 14.7 Å². The Kier molecular flexibility index (Phi) is 5.02. The van der Waals surface area contributed by atoms with Crippen molar-refractivity contribution in [2.45, 2.75) is 45.6 Å². The van der Waals surface area contributed by atoms with E-state index in [1.165, 1.54) is 6.42 Å². The lowest BCUT2D eigenvalue weighted by molar-refractivity contribution is -0.147. The fourth-order valence-electron chi connectivity index (χ4n) is 3.33. The van der Waals surface area contributed by atoms with Gasteiger partial charge in [-0.25, -0.2) is 0 Å². The zero-order valence-electron chi connectivity index (χ0n) is 12.5. The largest absolute Gasteiger partial charge is 0.480 e. The van der Waals surface area contributed by atoms with Gasteiger partial charge in [0, 0.05) is 13.1 Å². The summed E-state index contributed by atoms with van der Waals surface area (Å²) in [5.41, 5.74) is 0. The van der Waals surface area contributed by atoms with Crippen LogP contribution in [0.5, 0.6) is 0 Å². The molecule has 2 saturated heterocycles. The van der Waals surface area contributed by atoms with Crippen LogP contribution < -0.4 is 0 Å². The molecule has 2 rings (SSSR count). The molecule has 1 amide bonds. The minimum Gasteiger partial charge on any atom is -0.480 e. The normalized spacial score (nSPS) is 32.1. The van der Waals surface area contributed by atoms with E-state index in [2.05, 4.69) is 13.8 Å². The van der Waals surface area contributed by atoms with Gasteiger partial charge in [-0.3, -0.25) is 14.5 Å². The number of hydrogen-bond donors (Lipinski definition) is 1. The Labute approximate surface area is 120 Å². The molecule has 1 N–H and O–H groups in total. The molecule has 2 aliphatic rings. The summed E-state index contributed by atoms with van der Waals surface area (Å²) in [6.45, 7) is 6.87. The van der Waals surface area contributed by atoms with Crippen molar-refractivity contribution in [3.05, 3.63) is 0 Å². The SMILES string of the molecule is CC1CCN(CC(=O)N2CCCC(C)C2)C(C(=O)O)C1. The van der Waals surface area contributed by atoms with Gasteiger partial charge in [-0.2, -0.15) is 0 Å². The molecule has 0 radical (unpaired) electrons. The zero-order chi connectivity index (χ0) is 14.7. The molecule has 114 valence electrons. The van der Waals surface area contributed by atoms with Crippen LogP contribution in [-0.4, -0.2) is 59.0 Å². The summed E-state index contributed by atoms with van der Waals surface area (Å²) in [6, 6.07) is -0.495. The second-order valence-corrected chi connectivity index (χ2v) is 6.54. The molecule has 2 fully saturated rings. The van der Waals surface area contributed by atoms with Crippen LogP contribution in [0.3, 0.4) is 0 Å². The maximum atomic E-state index is 12.4. The van der Waals surface area contributed by atoms with E-state index in [0.29, 0.717) is 24.8 Å². The second-order valence-electron chi connectivity index (χ2n) is 6.54. The summed E-state index contributed by atoms with van der Waals surface area (Å²) >= 11 is 0. The van der Waals surface area contributed by atoms with Gasteiger partial charge >= 0.3 is 5.97 Å². The van der Waals surface area contributed by atoms with Crippen molar-refractivity contribution in [1.29, 1.82) is 0 Å². The average molecular weight is 282 g/mol. The maximum Gasteiger partial charge on any atom is 0.320 e. The number of piperidine rings is 2. The molecule has 0 aliphatic carbocycles. The summed E-state index contributed by atoms with van der Waals surface area (Å²) in [5, 5.41) is 9.33. The van der Waals surface area contributed by atoms with E-state index < -0.39 is 12.0 Å². The first-order valence-corrected chi connectivity index (χ1v) is 7.72. The van der Waals surface area contributed by atoms with Crippen LogP contribution in [0, 0.1) is 11.8 Å². The summed E-state index contributed by atoms with van der Waals surface area (Å²) in [7, 11) is 0. The molecule has 3 unspecified atom stereocenters. The molecule has 0 spiro atoms. The number of rotatable bonds is 3. The number of carbonyl (C=O) groups excluding carboxylic acids is 1. The molecular weight excluding hydrogens is 256 g/mol. The van der Waals surface area contributed by atoms with Gasteiger partial charge in [-0.15, -0.1) is 0 Å². The first-order valence-electron chi connectivity index (χ1n) is 7.72. The molecule has 0 saturated carbocycles. The van der Waals surface area contributed by atoms with Crippen molar-refractivity contribution in [1.82, 2.24) is 9.80 Å². The minimum atomic E-state index is -0.795. The number of aliphatic carboxylic acids is 1. The number of amides is 1. The lowest BCUT2D eigenvalue weighted by Crippen LogP contribution is -2.52. The molecule has 5 nitrogen and oxygen atoms in total. The second kappa shape index (κ2) is 6.57. The van der Waals surface area contributed by atoms with Gasteiger partial charge in [0.1, 0.15) is 6.04 Å².